The fourth-order valence-corrected chi connectivity index (χ4v) is 1.79. The quantitative estimate of drug-likeness (QED) is 0.806. The number of halogens is 1. The number of para-hydroxylation sites is 3. The van der Waals surface area contributed by atoms with Gasteiger partial charge in [0.15, 0.2) is 11.5 Å². The van der Waals surface area contributed by atoms with Crippen LogP contribution in [0.4, 0.5) is 14.9 Å². The van der Waals surface area contributed by atoms with Gasteiger partial charge in [-0.3, -0.25) is 0 Å². The van der Waals surface area contributed by atoms with E-state index in [0.29, 0.717) is 11.5 Å². The summed E-state index contributed by atoms with van der Waals surface area (Å²) < 4.78 is 24.0. The Bertz CT molecular complexity index is 634. The number of amides is 2. The van der Waals surface area contributed by atoms with Crippen LogP contribution in [0.1, 0.15) is 0 Å². The van der Waals surface area contributed by atoms with E-state index in [9.17, 15) is 9.18 Å². The lowest BCUT2D eigenvalue weighted by Crippen LogP contribution is -2.32. The van der Waals surface area contributed by atoms with Crippen molar-refractivity contribution in [3.8, 4) is 11.5 Å². The number of benzene rings is 2. The van der Waals surface area contributed by atoms with Gasteiger partial charge in [0.05, 0.1) is 19.3 Å². The number of nitrogens with one attached hydrogen (secondary N) is 2. The average molecular weight is 304 g/mol. The maximum Gasteiger partial charge on any atom is 0.319 e. The van der Waals surface area contributed by atoms with Crippen molar-refractivity contribution in [1.29, 1.82) is 0 Å². The van der Waals surface area contributed by atoms with Crippen LogP contribution in [0.5, 0.6) is 11.5 Å². The van der Waals surface area contributed by atoms with Crippen molar-refractivity contribution in [1.82, 2.24) is 5.32 Å². The first-order valence-electron chi connectivity index (χ1n) is 6.76. The number of carbonyl (C=O) groups excluding carboxylic acids is 1. The molecule has 0 heterocycles. The summed E-state index contributed by atoms with van der Waals surface area (Å²) in [5, 5.41) is 5.01. The zero-order chi connectivity index (χ0) is 15.8. The second-order valence-corrected chi connectivity index (χ2v) is 4.36. The Kier molecular flexibility index (Phi) is 5.59. The summed E-state index contributed by atoms with van der Waals surface area (Å²) in [6, 6.07) is 12.7. The molecule has 0 unspecified atom stereocenters. The summed E-state index contributed by atoms with van der Waals surface area (Å²) in [6.07, 6.45) is 0. The van der Waals surface area contributed by atoms with Crippen LogP contribution in [0.15, 0.2) is 48.5 Å². The number of hydrogen-bond donors (Lipinski definition) is 2. The van der Waals surface area contributed by atoms with E-state index in [4.69, 9.17) is 9.47 Å². The molecule has 0 atom stereocenters. The molecular weight excluding hydrogens is 287 g/mol. The zero-order valence-corrected chi connectivity index (χ0v) is 12.1. The van der Waals surface area contributed by atoms with E-state index in [1.54, 1.807) is 31.4 Å². The molecule has 0 saturated carbocycles. The highest BCUT2D eigenvalue weighted by Gasteiger charge is 2.06. The van der Waals surface area contributed by atoms with Gasteiger partial charge in [-0.25, -0.2) is 9.18 Å². The van der Waals surface area contributed by atoms with Gasteiger partial charge in [-0.05, 0) is 24.3 Å². The largest absolute Gasteiger partial charge is 0.493 e. The van der Waals surface area contributed by atoms with E-state index in [2.05, 4.69) is 10.6 Å². The van der Waals surface area contributed by atoms with Crippen molar-refractivity contribution < 1.29 is 18.7 Å². The number of ether oxygens (including phenoxy) is 2. The lowest BCUT2D eigenvalue weighted by atomic mass is 10.3. The minimum Gasteiger partial charge on any atom is -0.493 e. The Morgan fingerprint density at radius 2 is 1.77 bits per heavy atom. The van der Waals surface area contributed by atoms with Crippen LogP contribution >= 0.6 is 0 Å². The molecule has 116 valence electrons. The third kappa shape index (κ3) is 4.37. The topological polar surface area (TPSA) is 59.6 Å². The number of rotatable bonds is 6. The Balaban J connectivity index is 1.75. The molecule has 0 bridgehead atoms. The first-order valence-corrected chi connectivity index (χ1v) is 6.76. The van der Waals surface area contributed by atoms with E-state index in [1.807, 2.05) is 12.1 Å². The standard InChI is InChI=1S/C16H17FN2O3/c1-21-14-8-4-5-9-15(14)22-11-10-18-16(20)19-13-7-3-2-6-12(13)17/h2-9H,10-11H2,1H3,(H2,18,19,20). The van der Waals surface area contributed by atoms with Gasteiger partial charge in [-0.15, -0.1) is 0 Å². The minimum absolute atomic E-state index is 0.130. The fraction of sp³-hybridized carbons (Fsp3) is 0.188. The molecule has 0 radical (unpaired) electrons. The molecule has 0 aliphatic rings. The summed E-state index contributed by atoms with van der Waals surface area (Å²) in [5.41, 5.74) is 0.130. The van der Waals surface area contributed by atoms with Crippen molar-refractivity contribution >= 4 is 11.7 Å². The summed E-state index contributed by atoms with van der Waals surface area (Å²) in [6.45, 7) is 0.545. The van der Waals surface area contributed by atoms with Crippen molar-refractivity contribution in [3.63, 3.8) is 0 Å². The van der Waals surface area contributed by atoms with E-state index in [1.165, 1.54) is 12.1 Å². The number of hydrogen-bond acceptors (Lipinski definition) is 3. The highest BCUT2D eigenvalue weighted by molar-refractivity contribution is 5.89. The molecule has 22 heavy (non-hydrogen) atoms. The molecule has 6 heteroatoms. The second-order valence-electron chi connectivity index (χ2n) is 4.36. The molecule has 2 amide bonds. The van der Waals surface area contributed by atoms with Gasteiger partial charge in [0.1, 0.15) is 12.4 Å². The van der Waals surface area contributed by atoms with Gasteiger partial charge in [0.25, 0.3) is 0 Å². The molecule has 2 aromatic carbocycles. The average Bonchev–Trinajstić information content (AvgIpc) is 2.54. The molecule has 5 nitrogen and oxygen atoms in total. The highest BCUT2D eigenvalue weighted by atomic mass is 19.1. The normalized spacial score (nSPS) is 9.91. The van der Waals surface area contributed by atoms with Crippen LogP contribution < -0.4 is 20.1 Å². The van der Waals surface area contributed by atoms with Crippen molar-refractivity contribution in [2.24, 2.45) is 0 Å². The molecule has 2 aromatic rings. The smallest absolute Gasteiger partial charge is 0.319 e. The fourth-order valence-electron chi connectivity index (χ4n) is 1.79. The monoisotopic (exact) mass is 304 g/mol. The Morgan fingerprint density at radius 1 is 1.09 bits per heavy atom. The van der Waals surface area contributed by atoms with E-state index in [-0.39, 0.29) is 18.8 Å². The van der Waals surface area contributed by atoms with Crippen LogP contribution in [0.25, 0.3) is 0 Å². The van der Waals surface area contributed by atoms with Crippen LogP contribution in [0, 0.1) is 5.82 Å². The number of anilines is 1. The summed E-state index contributed by atoms with van der Waals surface area (Å²) in [7, 11) is 1.56. The minimum atomic E-state index is -0.492. The number of urea groups is 1. The van der Waals surface area contributed by atoms with Crippen molar-refractivity contribution in [2.75, 3.05) is 25.6 Å². The van der Waals surface area contributed by atoms with Crippen LogP contribution in [-0.4, -0.2) is 26.3 Å². The van der Waals surface area contributed by atoms with Gasteiger partial charge in [0, 0.05) is 0 Å². The number of carbonyl (C=O) groups is 1. The SMILES string of the molecule is COc1ccccc1OCCNC(=O)Nc1ccccc1F. The molecule has 0 aromatic heterocycles. The van der Waals surface area contributed by atoms with E-state index < -0.39 is 11.8 Å². The van der Waals surface area contributed by atoms with Crippen LogP contribution in [0.3, 0.4) is 0 Å². The molecule has 0 spiro atoms. The third-order valence-corrected chi connectivity index (χ3v) is 2.84. The Labute approximate surface area is 128 Å². The van der Waals surface area contributed by atoms with Gasteiger partial charge in [0.2, 0.25) is 0 Å². The van der Waals surface area contributed by atoms with Gasteiger partial charge < -0.3 is 20.1 Å². The van der Waals surface area contributed by atoms with Crippen LogP contribution in [-0.2, 0) is 0 Å². The van der Waals surface area contributed by atoms with Crippen molar-refractivity contribution in [2.45, 2.75) is 0 Å². The summed E-state index contributed by atoms with van der Waals surface area (Å²) >= 11 is 0. The Morgan fingerprint density at radius 3 is 2.50 bits per heavy atom. The molecular formula is C16H17FN2O3. The first-order chi connectivity index (χ1) is 10.7. The Hall–Kier alpha value is -2.76. The molecule has 2 N–H and O–H groups in total. The third-order valence-electron chi connectivity index (χ3n) is 2.84. The maximum absolute atomic E-state index is 13.4. The van der Waals surface area contributed by atoms with Crippen molar-refractivity contribution in [3.05, 3.63) is 54.3 Å². The van der Waals surface area contributed by atoms with Crippen LogP contribution in [0.2, 0.25) is 0 Å². The van der Waals surface area contributed by atoms with Gasteiger partial charge >= 0.3 is 6.03 Å². The van der Waals surface area contributed by atoms with E-state index >= 15 is 0 Å². The second kappa shape index (κ2) is 7.87. The molecule has 0 fully saturated rings. The lowest BCUT2D eigenvalue weighted by Gasteiger charge is -2.11. The maximum atomic E-state index is 13.4. The zero-order valence-electron chi connectivity index (χ0n) is 12.1. The highest BCUT2D eigenvalue weighted by Crippen LogP contribution is 2.25. The summed E-state index contributed by atoms with van der Waals surface area (Å²) in [4.78, 5) is 11.6. The van der Waals surface area contributed by atoms with Gasteiger partial charge in [-0.1, -0.05) is 24.3 Å². The lowest BCUT2D eigenvalue weighted by molar-refractivity contribution is 0.246. The first kappa shape index (κ1) is 15.6. The molecule has 0 aliphatic carbocycles. The molecule has 0 aliphatic heterocycles. The molecule has 2 rings (SSSR count). The predicted octanol–water partition coefficient (Wildman–Crippen LogP) is 3.03. The van der Waals surface area contributed by atoms with E-state index in [0.717, 1.165) is 0 Å². The summed E-state index contributed by atoms with van der Waals surface area (Å²) in [5.74, 6) is 0.738. The predicted molar refractivity (Wildman–Crippen MR) is 81.9 cm³/mol. The molecule has 0 saturated heterocycles. The number of methoxy groups -OCH3 is 1. The van der Waals surface area contributed by atoms with Gasteiger partial charge in [-0.2, -0.15) is 0 Å².